The van der Waals surface area contributed by atoms with Crippen molar-refractivity contribution in [2.45, 2.75) is 25.3 Å². The molecular weight excluding hydrogens is 556 g/mol. The lowest BCUT2D eigenvalue weighted by atomic mass is 9.96. The average Bonchev–Trinajstić information content (AvgIpc) is 3.61. The van der Waals surface area contributed by atoms with Crippen LogP contribution >= 0.6 is 0 Å². The first-order valence-electron chi connectivity index (χ1n) is 14.4. The van der Waals surface area contributed by atoms with Gasteiger partial charge in [-0.2, -0.15) is 4.98 Å². The van der Waals surface area contributed by atoms with Gasteiger partial charge in [0.25, 0.3) is 11.5 Å². The highest BCUT2D eigenvalue weighted by atomic mass is 16.1. The maximum absolute atomic E-state index is 13.1. The minimum Gasteiger partial charge on any atom is -0.371 e. The van der Waals surface area contributed by atoms with E-state index in [0.29, 0.717) is 40.4 Å². The predicted molar refractivity (Wildman–Crippen MR) is 170 cm³/mol. The van der Waals surface area contributed by atoms with Gasteiger partial charge in [-0.3, -0.25) is 9.59 Å². The van der Waals surface area contributed by atoms with Gasteiger partial charge in [0.2, 0.25) is 5.95 Å². The van der Waals surface area contributed by atoms with Gasteiger partial charge in [0.15, 0.2) is 11.5 Å². The quantitative estimate of drug-likeness (QED) is 0.224. The average molecular weight is 587 g/mol. The van der Waals surface area contributed by atoms with Gasteiger partial charge < -0.3 is 20.9 Å². The van der Waals surface area contributed by atoms with Gasteiger partial charge in [-0.25, -0.2) is 24.3 Å². The molecule has 1 fully saturated rings. The molecule has 44 heavy (non-hydrogen) atoms. The molecule has 2 aromatic carbocycles. The monoisotopic (exact) mass is 586 g/mol. The minimum absolute atomic E-state index is 0.207. The Morgan fingerprint density at radius 1 is 1.05 bits per heavy atom. The lowest BCUT2D eigenvalue weighted by Gasteiger charge is -2.33. The zero-order valence-electron chi connectivity index (χ0n) is 23.8. The fourth-order valence-electron chi connectivity index (χ4n) is 5.83. The third-order valence-corrected chi connectivity index (χ3v) is 8.01. The number of piperidine rings is 1. The summed E-state index contributed by atoms with van der Waals surface area (Å²) in [5, 5.41) is 3.67. The minimum atomic E-state index is -0.471. The van der Waals surface area contributed by atoms with Crippen molar-refractivity contribution in [3.8, 4) is 5.82 Å². The summed E-state index contributed by atoms with van der Waals surface area (Å²) in [6.45, 7) is 5.85. The number of primary amides is 1. The maximum atomic E-state index is 13.1. The van der Waals surface area contributed by atoms with Crippen LogP contribution in [0.3, 0.4) is 0 Å². The normalized spacial score (nSPS) is 13.9. The summed E-state index contributed by atoms with van der Waals surface area (Å²) in [6, 6.07) is 19.1. The van der Waals surface area contributed by atoms with Crippen LogP contribution in [0, 0.1) is 0 Å². The number of nitrogens with one attached hydrogen (secondary N) is 2. The molecule has 0 bridgehead atoms. The third-order valence-electron chi connectivity index (χ3n) is 8.01. The number of aromatic nitrogens is 7. The smallest absolute Gasteiger partial charge is 0.278 e. The summed E-state index contributed by atoms with van der Waals surface area (Å²) in [5.41, 5.74) is 9.65. The van der Waals surface area contributed by atoms with E-state index in [4.69, 9.17) is 15.7 Å². The number of anilines is 3. The number of para-hydroxylation sites is 1. The topological polar surface area (TPSA) is 153 Å². The van der Waals surface area contributed by atoms with E-state index in [1.807, 2.05) is 42.5 Å². The van der Waals surface area contributed by atoms with Gasteiger partial charge in [-0.15, -0.1) is 6.58 Å². The lowest BCUT2D eigenvalue weighted by Crippen LogP contribution is -2.33. The fraction of sp³-hybridized carbons (Fsp3) is 0.188. The number of pyridine rings is 1. The van der Waals surface area contributed by atoms with Gasteiger partial charge in [0.05, 0.1) is 17.6 Å². The number of benzene rings is 2. The van der Waals surface area contributed by atoms with Crippen LogP contribution in [-0.4, -0.2) is 53.3 Å². The molecule has 1 amide bonds. The lowest BCUT2D eigenvalue weighted by molar-refractivity contribution is 0.100. The highest BCUT2D eigenvalue weighted by Gasteiger charge is 2.24. The fourth-order valence-corrected chi connectivity index (χ4v) is 5.83. The number of hydrogen-bond donors (Lipinski definition) is 3. The molecule has 4 aromatic heterocycles. The molecule has 4 N–H and O–H groups in total. The number of rotatable bonds is 8. The van der Waals surface area contributed by atoms with Crippen LogP contribution in [0.5, 0.6) is 0 Å². The summed E-state index contributed by atoms with van der Waals surface area (Å²) < 4.78 is 3.24. The van der Waals surface area contributed by atoms with Gasteiger partial charge in [-0.05, 0) is 61.4 Å². The van der Waals surface area contributed by atoms with Crippen LogP contribution in [0.1, 0.15) is 34.9 Å². The van der Waals surface area contributed by atoms with E-state index < -0.39 is 5.91 Å². The van der Waals surface area contributed by atoms with Gasteiger partial charge >= 0.3 is 0 Å². The zero-order valence-corrected chi connectivity index (χ0v) is 23.8. The number of hydrogen-bond acceptors (Lipinski definition) is 8. The van der Waals surface area contributed by atoms with Crippen molar-refractivity contribution in [1.82, 2.24) is 34.3 Å². The summed E-state index contributed by atoms with van der Waals surface area (Å²) in [6.07, 6.45) is 6.75. The first kappa shape index (κ1) is 27.1. The number of carbonyl (C=O) groups is 1. The van der Waals surface area contributed by atoms with E-state index in [1.54, 1.807) is 33.9 Å². The number of amides is 1. The Labute approximate surface area is 251 Å². The predicted octanol–water partition coefficient (Wildman–Crippen LogP) is 4.27. The van der Waals surface area contributed by atoms with Crippen molar-refractivity contribution in [1.29, 1.82) is 0 Å². The molecule has 0 radical (unpaired) electrons. The molecule has 1 saturated heterocycles. The van der Waals surface area contributed by atoms with Crippen LogP contribution in [0.2, 0.25) is 0 Å². The van der Waals surface area contributed by atoms with E-state index in [9.17, 15) is 9.59 Å². The number of allylic oxidation sites excluding steroid dienone is 1. The highest BCUT2D eigenvalue weighted by molar-refractivity contribution is 6.04. The number of H-pyrrole nitrogens is 1. The standard InChI is InChI=1S/C32H30N10O2/c1-2-16-41-31(44)24-19-35-32(39-30(24)42(41)26-8-3-4-15-34-26)36-21-9-11-22(12-10-21)40-17-13-20(14-18-40)29-37-25-7-5-6-23(28(33)43)27(25)38-29/h2-12,15,19-20H,1,13-14,16-18H2,(H2,33,43)(H,37,38)(H,35,36,39). The Morgan fingerprint density at radius 3 is 2.59 bits per heavy atom. The van der Waals surface area contributed by atoms with E-state index in [-0.39, 0.29) is 11.5 Å². The number of nitrogens with zero attached hydrogens (tertiary/aromatic N) is 7. The van der Waals surface area contributed by atoms with E-state index in [1.165, 1.54) is 0 Å². The van der Waals surface area contributed by atoms with E-state index >= 15 is 0 Å². The van der Waals surface area contributed by atoms with Crippen molar-refractivity contribution in [3.63, 3.8) is 0 Å². The number of fused-ring (bicyclic) bond motifs is 2. The molecule has 7 rings (SSSR count). The third kappa shape index (κ3) is 4.85. The molecule has 0 saturated carbocycles. The molecule has 220 valence electrons. The molecular formula is C32H30N10O2. The molecule has 1 aliphatic heterocycles. The van der Waals surface area contributed by atoms with Gasteiger partial charge in [0.1, 0.15) is 16.7 Å². The number of aromatic amines is 1. The Bertz CT molecular complexity index is 2050. The van der Waals surface area contributed by atoms with Crippen LogP contribution in [-0.2, 0) is 6.54 Å². The van der Waals surface area contributed by atoms with Crippen LogP contribution < -0.4 is 21.5 Å². The largest absolute Gasteiger partial charge is 0.371 e. The first-order valence-corrected chi connectivity index (χ1v) is 14.4. The van der Waals surface area contributed by atoms with Crippen molar-refractivity contribution < 1.29 is 4.79 Å². The summed E-state index contributed by atoms with van der Waals surface area (Å²) in [5.74, 6) is 1.66. The van der Waals surface area contributed by atoms with E-state index in [0.717, 1.165) is 48.6 Å². The van der Waals surface area contributed by atoms with Crippen molar-refractivity contribution in [2.75, 3.05) is 23.3 Å². The van der Waals surface area contributed by atoms with Gasteiger partial charge in [-0.1, -0.05) is 18.2 Å². The van der Waals surface area contributed by atoms with Crippen LogP contribution in [0.15, 0.2) is 90.5 Å². The van der Waals surface area contributed by atoms with Crippen LogP contribution in [0.4, 0.5) is 17.3 Å². The number of imidazole rings is 1. The maximum Gasteiger partial charge on any atom is 0.278 e. The molecule has 0 spiro atoms. The second kappa shape index (κ2) is 11.1. The molecule has 12 nitrogen and oxygen atoms in total. The molecule has 1 aliphatic rings. The number of nitrogens with two attached hydrogens (primary N) is 1. The first-order chi connectivity index (χ1) is 21.5. The Hall–Kier alpha value is -5.78. The second-order valence-corrected chi connectivity index (χ2v) is 10.7. The van der Waals surface area contributed by atoms with Crippen molar-refractivity contribution in [2.24, 2.45) is 5.73 Å². The SMILES string of the molecule is C=CCn1c(=O)c2cnc(Nc3ccc(N4CCC(c5nc6c(C(N)=O)cccc6[nH]5)CC4)cc3)nc2n1-c1ccccn1. The molecule has 0 unspecified atom stereocenters. The molecule has 0 aliphatic carbocycles. The molecule has 12 heteroatoms. The Kier molecular flexibility index (Phi) is 6.85. The van der Waals surface area contributed by atoms with Crippen molar-refractivity contribution >= 4 is 45.3 Å². The molecule has 6 aromatic rings. The zero-order chi connectivity index (χ0) is 30.2. The second-order valence-electron chi connectivity index (χ2n) is 10.7. The van der Waals surface area contributed by atoms with Crippen molar-refractivity contribution in [3.05, 3.63) is 107 Å². The highest BCUT2D eigenvalue weighted by Crippen LogP contribution is 2.31. The van der Waals surface area contributed by atoms with Gasteiger partial charge in [0, 0.05) is 42.8 Å². The van der Waals surface area contributed by atoms with Crippen LogP contribution in [0.25, 0.3) is 27.9 Å². The van der Waals surface area contributed by atoms with E-state index in [2.05, 4.69) is 43.9 Å². The Morgan fingerprint density at radius 2 is 1.86 bits per heavy atom. The summed E-state index contributed by atoms with van der Waals surface area (Å²) in [7, 11) is 0. The molecule has 0 atom stereocenters. The Balaban J connectivity index is 1.06. The number of carbonyl (C=O) groups excluding carboxylic acids is 1. The summed E-state index contributed by atoms with van der Waals surface area (Å²) in [4.78, 5) is 48.9. The summed E-state index contributed by atoms with van der Waals surface area (Å²) >= 11 is 0. The molecule has 5 heterocycles.